The third-order valence-electron chi connectivity index (χ3n) is 4.49. The van der Waals surface area contributed by atoms with Gasteiger partial charge in [0.1, 0.15) is 12.1 Å². The molecule has 0 aromatic heterocycles. The van der Waals surface area contributed by atoms with Crippen LogP contribution in [-0.4, -0.2) is 40.0 Å². The SMILES string of the molecule is CC1(Cc2ccc(Br)cc2)C(=O)N(c2cc(Cl)cc(Cl)c2)C(=O)N1C(=O)CO. The number of imide groups is 2. The second-order valence-corrected chi connectivity index (χ2v) is 8.30. The fourth-order valence-corrected chi connectivity index (χ4v) is 4.02. The zero-order valence-electron chi connectivity index (χ0n) is 14.7. The van der Waals surface area contributed by atoms with Crippen LogP contribution in [0.5, 0.6) is 0 Å². The van der Waals surface area contributed by atoms with Crippen molar-refractivity contribution in [3.8, 4) is 0 Å². The highest BCUT2D eigenvalue weighted by Gasteiger charge is 2.57. The highest BCUT2D eigenvalue weighted by atomic mass is 79.9. The summed E-state index contributed by atoms with van der Waals surface area (Å²) in [5.41, 5.74) is -0.615. The molecule has 0 bridgehead atoms. The van der Waals surface area contributed by atoms with Crippen LogP contribution in [0.2, 0.25) is 10.0 Å². The Labute approximate surface area is 179 Å². The van der Waals surface area contributed by atoms with Crippen molar-refractivity contribution in [3.63, 3.8) is 0 Å². The molecular formula is C19H15BrCl2N2O4. The van der Waals surface area contributed by atoms with Gasteiger partial charge in [-0.15, -0.1) is 0 Å². The molecular weight excluding hydrogens is 471 g/mol. The van der Waals surface area contributed by atoms with Crippen LogP contribution in [0.1, 0.15) is 12.5 Å². The first-order chi connectivity index (χ1) is 13.2. The summed E-state index contributed by atoms with van der Waals surface area (Å²) in [6, 6.07) is 10.6. The molecule has 1 aliphatic heterocycles. The van der Waals surface area contributed by atoms with Crippen molar-refractivity contribution in [2.45, 2.75) is 18.9 Å². The Bertz CT molecular complexity index is 947. The van der Waals surface area contributed by atoms with Crippen LogP contribution in [0.4, 0.5) is 10.5 Å². The Hall–Kier alpha value is -1.93. The number of benzene rings is 2. The monoisotopic (exact) mass is 484 g/mol. The van der Waals surface area contributed by atoms with Crippen LogP contribution < -0.4 is 4.90 Å². The van der Waals surface area contributed by atoms with Gasteiger partial charge in [0.15, 0.2) is 0 Å². The minimum Gasteiger partial charge on any atom is -0.387 e. The maximum atomic E-state index is 13.3. The molecule has 1 saturated heterocycles. The average molecular weight is 486 g/mol. The van der Waals surface area contributed by atoms with E-state index in [1.165, 1.54) is 25.1 Å². The van der Waals surface area contributed by atoms with Crippen LogP contribution in [0.3, 0.4) is 0 Å². The van der Waals surface area contributed by atoms with Gasteiger partial charge in [-0.1, -0.05) is 51.3 Å². The minimum absolute atomic E-state index is 0.0847. The predicted octanol–water partition coefficient (Wildman–Crippen LogP) is 4.04. The number of aliphatic hydroxyl groups excluding tert-OH is 1. The van der Waals surface area contributed by atoms with E-state index in [-0.39, 0.29) is 22.2 Å². The van der Waals surface area contributed by atoms with Gasteiger partial charge in [0.2, 0.25) is 0 Å². The van der Waals surface area contributed by atoms with Crippen molar-refractivity contribution in [3.05, 3.63) is 62.5 Å². The lowest BCUT2D eigenvalue weighted by atomic mass is 9.91. The molecule has 28 heavy (non-hydrogen) atoms. The van der Waals surface area contributed by atoms with E-state index in [1.807, 2.05) is 0 Å². The van der Waals surface area contributed by atoms with Gasteiger partial charge in [-0.2, -0.15) is 0 Å². The highest BCUT2D eigenvalue weighted by Crippen LogP contribution is 2.37. The molecule has 1 aliphatic rings. The molecule has 2 aromatic carbocycles. The topological polar surface area (TPSA) is 77.9 Å². The number of rotatable bonds is 4. The number of hydrogen-bond acceptors (Lipinski definition) is 4. The van der Waals surface area contributed by atoms with Crippen LogP contribution in [-0.2, 0) is 16.0 Å². The van der Waals surface area contributed by atoms with E-state index in [1.54, 1.807) is 24.3 Å². The summed E-state index contributed by atoms with van der Waals surface area (Å²) in [4.78, 5) is 40.3. The van der Waals surface area contributed by atoms with Gasteiger partial charge in [-0.05, 0) is 42.8 Å². The molecule has 0 radical (unpaired) electrons. The van der Waals surface area contributed by atoms with Crippen LogP contribution in [0.15, 0.2) is 46.9 Å². The largest absolute Gasteiger partial charge is 0.387 e. The van der Waals surface area contributed by atoms with Crippen molar-refractivity contribution < 1.29 is 19.5 Å². The molecule has 6 nitrogen and oxygen atoms in total. The standard InChI is InChI=1S/C19H15BrCl2N2O4/c1-19(9-11-2-4-12(20)5-3-11)17(27)23(18(28)24(19)16(26)10-25)15-7-13(21)6-14(22)8-15/h2-8,25H,9-10H2,1H3. The van der Waals surface area contributed by atoms with Crippen molar-refractivity contribution in [1.29, 1.82) is 0 Å². The summed E-state index contributed by atoms with van der Waals surface area (Å²) in [7, 11) is 0. The van der Waals surface area contributed by atoms with Gasteiger partial charge in [-0.25, -0.2) is 14.6 Å². The molecule has 1 N–H and O–H groups in total. The minimum atomic E-state index is -1.51. The molecule has 1 atom stereocenters. The van der Waals surface area contributed by atoms with Gasteiger partial charge < -0.3 is 5.11 Å². The van der Waals surface area contributed by atoms with E-state index in [9.17, 15) is 19.5 Å². The molecule has 1 unspecified atom stereocenters. The number of nitrogens with zero attached hydrogens (tertiary/aromatic N) is 2. The quantitative estimate of drug-likeness (QED) is 0.663. The maximum absolute atomic E-state index is 13.3. The number of carbonyl (C=O) groups excluding carboxylic acids is 3. The smallest absolute Gasteiger partial charge is 0.339 e. The summed E-state index contributed by atoms with van der Waals surface area (Å²) >= 11 is 15.4. The van der Waals surface area contributed by atoms with Crippen molar-refractivity contribution in [2.24, 2.45) is 0 Å². The fraction of sp³-hybridized carbons (Fsp3) is 0.211. The van der Waals surface area contributed by atoms with Crippen molar-refractivity contribution in [2.75, 3.05) is 11.5 Å². The van der Waals surface area contributed by atoms with Crippen LogP contribution >= 0.6 is 39.1 Å². The second kappa shape index (κ2) is 7.83. The Morgan fingerprint density at radius 2 is 1.68 bits per heavy atom. The van der Waals surface area contributed by atoms with Gasteiger partial charge in [0.25, 0.3) is 11.8 Å². The lowest BCUT2D eigenvalue weighted by Crippen LogP contribution is -2.52. The first kappa shape index (κ1) is 20.8. The molecule has 2 aromatic rings. The van der Waals surface area contributed by atoms with E-state index in [0.717, 1.165) is 19.8 Å². The lowest BCUT2D eigenvalue weighted by Gasteiger charge is -2.29. The van der Waals surface area contributed by atoms with E-state index >= 15 is 0 Å². The molecule has 1 heterocycles. The zero-order chi connectivity index (χ0) is 20.6. The summed E-state index contributed by atoms with van der Waals surface area (Å²) in [5, 5.41) is 9.84. The predicted molar refractivity (Wildman–Crippen MR) is 110 cm³/mol. The zero-order valence-corrected chi connectivity index (χ0v) is 17.8. The highest BCUT2D eigenvalue weighted by molar-refractivity contribution is 9.10. The molecule has 1 fully saturated rings. The first-order valence-corrected chi connectivity index (χ1v) is 9.75. The molecule has 146 valence electrons. The molecule has 0 saturated carbocycles. The third-order valence-corrected chi connectivity index (χ3v) is 5.46. The Kier molecular flexibility index (Phi) is 5.82. The van der Waals surface area contributed by atoms with E-state index in [4.69, 9.17) is 23.2 Å². The number of amides is 4. The first-order valence-electron chi connectivity index (χ1n) is 8.20. The summed E-state index contributed by atoms with van der Waals surface area (Å²) in [6.45, 7) is 0.591. The van der Waals surface area contributed by atoms with Gasteiger partial charge in [-0.3, -0.25) is 9.59 Å². The number of halogens is 3. The van der Waals surface area contributed by atoms with Crippen LogP contribution in [0, 0.1) is 0 Å². The number of hydrogen-bond donors (Lipinski definition) is 1. The van der Waals surface area contributed by atoms with Gasteiger partial charge >= 0.3 is 6.03 Å². The molecule has 9 heteroatoms. The van der Waals surface area contributed by atoms with Gasteiger partial charge in [0.05, 0.1) is 5.69 Å². The number of anilines is 1. The summed E-state index contributed by atoms with van der Waals surface area (Å²) in [6.07, 6.45) is 0.0847. The van der Waals surface area contributed by atoms with Crippen molar-refractivity contribution in [1.82, 2.24) is 4.90 Å². The lowest BCUT2D eigenvalue weighted by molar-refractivity contribution is -0.139. The normalized spacial score (nSPS) is 19.5. The van der Waals surface area contributed by atoms with Crippen molar-refractivity contribution >= 4 is 62.7 Å². The van der Waals surface area contributed by atoms with E-state index in [0.29, 0.717) is 0 Å². The number of urea groups is 1. The Morgan fingerprint density at radius 1 is 1.11 bits per heavy atom. The van der Waals surface area contributed by atoms with Gasteiger partial charge in [0, 0.05) is 20.9 Å². The molecule has 3 rings (SSSR count). The summed E-state index contributed by atoms with van der Waals surface area (Å²) in [5.74, 6) is -1.48. The third kappa shape index (κ3) is 3.67. The van der Waals surface area contributed by atoms with E-state index < -0.39 is 30.0 Å². The molecule has 0 spiro atoms. The van der Waals surface area contributed by atoms with Crippen LogP contribution in [0.25, 0.3) is 0 Å². The fourth-order valence-electron chi connectivity index (χ4n) is 3.24. The number of carbonyl (C=O) groups is 3. The molecule has 0 aliphatic carbocycles. The molecule has 4 amide bonds. The number of aliphatic hydroxyl groups is 1. The maximum Gasteiger partial charge on any atom is 0.339 e. The Balaban J connectivity index is 2.08. The average Bonchev–Trinajstić information content (AvgIpc) is 2.81. The summed E-state index contributed by atoms with van der Waals surface area (Å²) < 4.78 is 0.855. The Morgan fingerprint density at radius 3 is 2.21 bits per heavy atom. The van der Waals surface area contributed by atoms with E-state index in [2.05, 4.69) is 15.9 Å². The second-order valence-electron chi connectivity index (χ2n) is 6.52.